The third-order valence-corrected chi connectivity index (χ3v) is 4.72. The zero-order chi connectivity index (χ0) is 14.7. The van der Waals surface area contributed by atoms with Crippen molar-refractivity contribution in [1.29, 1.82) is 0 Å². The highest BCUT2D eigenvalue weighted by Crippen LogP contribution is 2.33. The summed E-state index contributed by atoms with van der Waals surface area (Å²) in [6.07, 6.45) is 1.82. The maximum atomic E-state index is 9.71. The van der Waals surface area contributed by atoms with Crippen LogP contribution in [0, 0.1) is 5.92 Å². The van der Waals surface area contributed by atoms with E-state index in [4.69, 9.17) is 17.3 Å². The van der Waals surface area contributed by atoms with Crippen LogP contribution in [0.5, 0.6) is 0 Å². The van der Waals surface area contributed by atoms with Crippen LogP contribution in [0.25, 0.3) is 0 Å². The van der Waals surface area contributed by atoms with Crippen molar-refractivity contribution in [3.63, 3.8) is 0 Å². The smallest absolute Gasteiger partial charge is 0.0541 e. The van der Waals surface area contributed by atoms with Crippen molar-refractivity contribution >= 4 is 11.6 Å². The van der Waals surface area contributed by atoms with E-state index in [9.17, 15) is 5.11 Å². The van der Waals surface area contributed by atoms with Gasteiger partial charge in [0.15, 0.2) is 0 Å². The van der Waals surface area contributed by atoms with E-state index >= 15 is 0 Å². The van der Waals surface area contributed by atoms with E-state index in [1.807, 2.05) is 32.0 Å². The molecule has 0 aromatic heterocycles. The summed E-state index contributed by atoms with van der Waals surface area (Å²) in [6, 6.07) is 8.13. The second kappa shape index (κ2) is 6.90. The zero-order valence-corrected chi connectivity index (χ0v) is 13.1. The fourth-order valence-electron chi connectivity index (χ4n) is 3.21. The molecule has 3 atom stereocenters. The minimum atomic E-state index is -0.216. The van der Waals surface area contributed by atoms with E-state index < -0.39 is 0 Å². The molecule has 1 saturated heterocycles. The molecule has 0 aliphatic carbocycles. The number of hydrogen-bond acceptors (Lipinski definition) is 3. The average Bonchev–Trinajstić information content (AvgIpc) is 2.41. The normalized spacial score (nSPS) is 22.4. The van der Waals surface area contributed by atoms with Crippen molar-refractivity contribution in [3.8, 4) is 0 Å². The lowest BCUT2D eigenvalue weighted by atomic mass is 9.89. The Morgan fingerprint density at radius 2 is 1.85 bits per heavy atom. The summed E-state index contributed by atoms with van der Waals surface area (Å²) in [4.78, 5) is 2.41. The van der Waals surface area contributed by atoms with Crippen molar-refractivity contribution < 1.29 is 5.11 Å². The number of aliphatic hydroxyl groups is 1. The number of benzene rings is 1. The standard InChI is InChI=1S/C16H25ClN2O/c1-11(18)16(14-5-3-4-6-15(14)17)19-9-7-13(8-10-19)12(2)20/h3-6,11-13,16,20H,7-10,18H2,1-2H3. The summed E-state index contributed by atoms with van der Waals surface area (Å²) in [7, 11) is 0. The Hall–Kier alpha value is -0.610. The molecular formula is C16H25ClN2O. The van der Waals surface area contributed by atoms with Gasteiger partial charge in [-0.15, -0.1) is 0 Å². The Morgan fingerprint density at radius 1 is 1.25 bits per heavy atom. The van der Waals surface area contributed by atoms with Crippen molar-refractivity contribution in [2.24, 2.45) is 11.7 Å². The molecule has 1 fully saturated rings. The van der Waals surface area contributed by atoms with E-state index in [2.05, 4.69) is 11.0 Å². The summed E-state index contributed by atoms with van der Waals surface area (Å²) in [5.41, 5.74) is 7.32. The monoisotopic (exact) mass is 296 g/mol. The van der Waals surface area contributed by atoms with Gasteiger partial charge in [-0.25, -0.2) is 0 Å². The van der Waals surface area contributed by atoms with E-state index in [-0.39, 0.29) is 18.2 Å². The lowest BCUT2D eigenvalue weighted by Crippen LogP contribution is -2.45. The summed E-state index contributed by atoms with van der Waals surface area (Å²) in [6.45, 7) is 5.85. The molecule has 1 aromatic carbocycles. The molecule has 0 amide bonds. The Labute approximate surface area is 126 Å². The van der Waals surface area contributed by atoms with Crippen LogP contribution >= 0.6 is 11.6 Å². The van der Waals surface area contributed by atoms with E-state index in [0.29, 0.717) is 5.92 Å². The van der Waals surface area contributed by atoms with Gasteiger partial charge in [0.05, 0.1) is 12.1 Å². The molecule has 0 spiro atoms. The summed E-state index contributed by atoms with van der Waals surface area (Å²) >= 11 is 6.34. The SMILES string of the molecule is CC(N)C(c1ccccc1Cl)N1CCC(C(C)O)CC1. The van der Waals surface area contributed by atoms with Gasteiger partial charge in [0, 0.05) is 11.1 Å². The van der Waals surface area contributed by atoms with E-state index in [1.165, 1.54) is 0 Å². The molecule has 4 heteroatoms. The molecule has 3 nitrogen and oxygen atoms in total. The van der Waals surface area contributed by atoms with Crippen LogP contribution < -0.4 is 5.73 Å². The summed E-state index contributed by atoms with van der Waals surface area (Å²) < 4.78 is 0. The van der Waals surface area contributed by atoms with E-state index in [1.54, 1.807) is 0 Å². The van der Waals surface area contributed by atoms with Crippen LogP contribution in [0.3, 0.4) is 0 Å². The van der Waals surface area contributed by atoms with Gasteiger partial charge in [0.25, 0.3) is 0 Å². The molecule has 1 heterocycles. The molecule has 20 heavy (non-hydrogen) atoms. The first-order chi connectivity index (χ1) is 9.50. The lowest BCUT2D eigenvalue weighted by molar-refractivity contribution is 0.0512. The van der Waals surface area contributed by atoms with Gasteiger partial charge in [-0.05, 0) is 57.3 Å². The number of nitrogens with two attached hydrogens (primary N) is 1. The summed E-state index contributed by atoms with van der Waals surface area (Å²) in [5.74, 6) is 0.409. The maximum absolute atomic E-state index is 9.71. The van der Waals surface area contributed by atoms with Gasteiger partial charge in [0.2, 0.25) is 0 Å². The molecular weight excluding hydrogens is 272 g/mol. The molecule has 112 valence electrons. The third kappa shape index (κ3) is 3.53. The predicted molar refractivity (Wildman–Crippen MR) is 83.8 cm³/mol. The number of hydrogen-bond donors (Lipinski definition) is 2. The fraction of sp³-hybridized carbons (Fsp3) is 0.625. The summed E-state index contributed by atoms with van der Waals surface area (Å²) in [5, 5.41) is 10.5. The van der Waals surface area contributed by atoms with Gasteiger partial charge in [-0.1, -0.05) is 29.8 Å². The highest BCUT2D eigenvalue weighted by Gasteiger charge is 2.30. The minimum absolute atomic E-state index is 0.0259. The molecule has 3 unspecified atom stereocenters. The molecule has 1 aromatic rings. The molecule has 0 bridgehead atoms. The first-order valence-electron chi connectivity index (χ1n) is 7.43. The highest BCUT2D eigenvalue weighted by molar-refractivity contribution is 6.31. The van der Waals surface area contributed by atoms with Gasteiger partial charge >= 0.3 is 0 Å². The van der Waals surface area contributed by atoms with Crippen LogP contribution in [0.2, 0.25) is 5.02 Å². The average molecular weight is 297 g/mol. The van der Waals surface area contributed by atoms with E-state index in [0.717, 1.165) is 36.5 Å². The Balaban J connectivity index is 2.13. The lowest BCUT2D eigenvalue weighted by Gasteiger charge is -2.40. The van der Waals surface area contributed by atoms with Crippen molar-refractivity contribution in [2.75, 3.05) is 13.1 Å². The Morgan fingerprint density at radius 3 is 2.35 bits per heavy atom. The van der Waals surface area contributed by atoms with Gasteiger partial charge in [-0.3, -0.25) is 4.90 Å². The fourth-order valence-corrected chi connectivity index (χ4v) is 3.45. The molecule has 2 rings (SSSR count). The van der Waals surface area contributed by atoms with Crippen LogP contribution in [-0.4, -0.2) is 35.2 Å². The van der Waals surface area contributed by atoms with Gasteiger partial charge in [-0.2, -0.15) is 0 Å². The number of aliphatic hydroxyl groups excluding tert-OH is 1. The molecule has 1 aliphatic rings. The number of rotatable bonds is 4. The number of halogens is 1. The van der Waals surface area contributed by atoms with Crippen LogP contribution in [0.4, 0.5) is 0 Å². The van der Waals surface area contributed by atoms with Gasteiger partial charge in [0.1, 0.15) is 0 Å². The minimum Gasteiger partial charge on any atom is -0.393 e. The number of piperidine rings is 1. The molecule has 0 saturated carbocycles. The van der Waals surface area contributed by atoms with Crippen LogP contribution in [0.1, 0.15) is 38.3 Å². The largest absolute Gasteiger partial charge is 0.393 e. The Kier molecular flexibility index (Phi) is 5.44. The number of likely N-dealkylation sites (tertiary alicyclic amines) is 1. The second-order valence-corrected chi connectivity index (χ2v) is 6.35. The quantitative estimate of drug-likeness (QED) is 0.898. The Bertz CT molecular complexity index is 428. The third-order valence-electron chi connectivity index (χ3n) is 4.37. The van der Waals surface area contributed by atoms with Crippen LogP contribution in [0.15, 0.2) is 24.3 Å². The highest BCUT2D eigenvalue weighted by atomic mass is 35.5. The molecule has 0 radical (unpaired) electrons. The first kappa shape index (κ1) is 15.8. The second-order valence-electron chi connectivity index (χ2n) is 5.94. The molecule has 3 N–H and O–H groups in total. The van der Waals surface area contributed by atoms with Crippen molar-refractivity contribution in [1.82, 2.24) is 4.90 Å². The van der Waals surface area contributed by atoms with Crippen molar-refractivity contribution in [3.05, 3.63) is 34.9 Å². The predicted octanol–water partition coefficient (Wildman–Crippen LogP) is 2.82. The number of nitrogens with zero attached hydrogens (tertiary/aromatic N) is 1. The van der Waals surface area contributed by atoms with Gasteiger partial charge < -0.3 is 10.8 Å². The zero-order valence-electron chi connectivity index (χ0n) is 12.3. The first-order valence-corrected chi connectivity index (χ1v) is 7.80. The molecule has 1 aliphatic heterocycles. The van der Waals surface area contributed by atoms with Crippen molar-refractivity contribution in [2.45, 2.75) is 44.9 Å². The van der Waals surface area contributed by atoms with Crippen LogP contribution in [-0.2, 0) is 0 Å². The maximum Gasteiger partial charge on any atom is 0.0541 e. The topological polar surface area (TPSA) is 49.5 Å².